The summed E-state index contributed by atoms with van der Waals surface area (Å²) >= 11 is 0. The number of nitro groups is 1. The molecule has 0 fully saturated rings. The monoisotopic (exact) mass is 254 g/mol. The molecule has 0 unspecified atom stereocenters. The van der Waals surface area contributed by atoms with E-state index in [0.29, 0.717) is 6.07 Å². The number of nitrogen functional groups attached to an aromatic ring is 1. The zero-order chi connectivity index (χ0) is 13.4. The topological polar surface area (TPSA) is 87.0 Å². The van der Waals surface area contributed by atoms with Crippen LogP contribution in [0.3, 0.4) is 0 Å². The Morgan fingerprint density at radius 2 is 2.11 bits per heavy atom. The molecule has 1 aromatic carbocycles. The van der Waals surface area contributed by atoms with Gasteiger partial charge >= 0.3 is 5.69 Å². The molecule has 1 aromatic heterocycles. The first-order valence-electron chi connectivity index (χ1n) is 4.86. The van der Waals surface area contributed by atoms with Crippen LogP contribution < -0.4 is 5.73 Å². The summed E-state index contributed by atoms with van der Waals surface area (Å²) in [5.41, 5.74) is 5.06. The predicted octanol–water partition coefficient (Wildman–Crippen LogP) is 1.95. The lowest BCUT2D eigenvalue weighted by molar-refractivity contribution is -0.384. The molecular weight excluding hydrogens is 246 g/mol. The van der Waals surface area contributed by atoms with Crippen molar-refractivity contribution in [1.82, 2.24) is 9.78 Å². The molecule has 0 atom stereocenters. The lowest BCUT2D eigenvalue weighted by Gasteiger charge is -2.04. The maximum atomic E-state index is 13.5. The van der Waals surface area contributed by atoms with Crippen LogP contribution in [0.5, 0.6) is 0 Å². The number of hydrogen-bond acceptors (Lipinski definition) is 4. The van der Waals surface area contributed by atoms with Gasteiger partial charge in [0, 0.05) is 6.07 Å². The maximum absolute atomic E-state index is 13.5. The second kappa shape index (κ2) is 4.06. The lowest BCUT2D eigenvalue weighted by atomic mass is 10.3. The highest BCUT2D eigenvalue weighted by molar-refractivity contribution is 5.59. The second-order valence-corrected chi connectivity index (χ2v) is 3.58. The van der Waals surface area contributed by atoms with Crippen molar-refractivity contribution in [1.29, 1.82) is 0 Å². The van der Waals surface area contributed by atoms with Crippen LogP contribution in [-0.4, -0.2) is 14.7 Å². The van der Waals surface area contributed by atoms with E-state index in [-0.39, 0.29) is 17.2 Å². The average Bonchev–Trinajstić information content (AvgIpc) is 2.54. The molecule has 0 aliphatic rings. The Hall–Kier alpha value is -2.51. The molecule has 2 aromatic rings. The Morgan fingerprint density at radius 1 is 1.44 bits per heavy atom. The molecule has 0 saturated heterocycles. The number of benzene rings is 1. The third-order valence-electron chi connectivity index (χ3n) is 2.38. The normalized spacial score (nSPS) is 10.6. The Kier molecular flexibility index (Phi) is 2.70. The highest BCUT2D eigenvalue weighted by Gasteiger charge is 2.24. The molecule has 0 spiro atoms. The smallest absolute Gasteiger partial charge is 0.333 e. The van der Waals surface area contributed by atoms with E-state index < -0.39 is 22.2 Å². The van der Waals surface area contributed by atoms with Gasteiger partial charge in [-0.25, -0.2) is 13.5 Å². The van der Waals surface area contributed by atoms with Crippen LogP contribution in [0.25, 0.3) is 5.69 Å². The first-order chi connectivity index (χ1) is 8.41. The van der Waals surface area contributed by atoms with Crippen LogP contribution >= 0.6 is 0 Å². The zero-order valence-electron chi connectivity index (χ0n) is 9.22. The van der Waals surface area contributed by atoms with Crippen molar-refractivity contribution in [3.63, 3.8) is 0 Å². The average molecular weight is 254 g/mol. The molecule has 0 radical (unpaired) electrons. The predicted molar refractivity (Wildman–Crippen MR) is 59.3 cm³/mol. The molecule has 6 nitrogen and oxygen atoms in total. The number of nitrogens with two attached hydrogens (primary N) is 1. The van der Waals surface area contributed by atoms with E-state index >= 15 is 0 Å². The molecule has 1 heterocycles. The molecule has 2 N–H and O–H groups in total. The van der Waals surface area contributed by atoms with E-state index in [1.165, 1.54) is 6.92 Å². The Morgan fingerprint density at radius 3 is 2.61 bits per heavy atom. The number of halogens is 2. The number of anilines is 1. The number of aryl methyl sites for hydroxylation is 1. The van der Waals surface area contributed by atoms with Gasteiger partial charge in [-0.3, -0.25) is 10.1 Å². The van der Waals surface area contributed by atoms with Gasteiger partial charge in [-0.15, -0.1) is 0 Å². The van der Waals surface area contributed by atoms with Gasteiger partial charge in [0.25, 0.3) is 0 Å². The van der Waals surface area contributed by atoms with Crippen LogP contribution in [0.2, 0.25) is 0 Å². The van der Waals surface area contributed by atoms with E-state index in [9.17, 15) is 18.9 Å². The highest BCUT2D eigenvalue weighted by Crippen LogP contribution is 2.28. The SMILES string of the molecule is Cc1nn(-c2ccc(F)cc2F)c(N)c1[N+](=O)[O-]. The van der Waals surface area contributed by atoms with E-state index in [0.717, 1.165) is 16.8 Å². The molecule has 0 amide bonds. The number of hydrogen-bond donors (Lipinski definition) is 1. The molecule has 18 heavy (non-hydrogen) atoms. The van der Waals surface area contributed by atoms with Crippen LogP contribution in [0.15, 0.2) is 18.2 Å². The first-order valence-corrected chi connectivity index (χ1v) is 4.86. The molecular formula is C10H8F2N4O2. The van der Waals surface area contributed by atoms with Crippen LogP contribution in [0, 0.1) is 28.7 Å². The zero-order valence-corrected chi connectivity index (χ0v) is 9.22. The third kappa shape index (κ3) is 1.77. The van der Waals surface area contributed by atoms with E-state index in [1.807, 2.05) is 0 Å². The molecule has 0 bridgehead atoms. The fourth-order valence-corrected chi connectivity index (χ4v) is 1.60. The maximum Gasteiger partial charge on any atom is 0.333 e. The van der Waals surface area contributed by atoms with Gasteiger partial charge in [0.2, 0.25) is 5.82 Å². The highest BCUT2D eigenvalue weighted by atomic mass is 19.1. The summed E-state index contributed by atoms with van der Waals surface area (Å²) in [4.78, 5) is 10.0. The molecule has 8 heteroatoms. The summed E-state index contributed by atoms with van der Waals surface area (Å²) in [5.74, 6) is -1.96. The molecule has 2 rings (SSSR count). The minimum absolute atomic E-state index is 0.0567. The minimum atomic E-state index is -0.904. The standard InChI is InChI=1S/C10H8F2N4O2/c1-5-9(16(17)18)10(13)15(14-5)8-3-2-6(11)4-7(8)12/h2-4H,13H2,1H3. The van der Waals surface area contributed by atoms with Gasteiger partial charge in [0.1, 0.15) is 17.2 Å². The minimum Gasteiger partial charge on any atom is -0.378 e. The van der Waals surface area contributed by atoms with Crippen LogP contribution in [-0.2, 0) is 0 Å². The van der Waals surface area contributed by atoms with Crippen molar-refractivity contribution in [2.75, 3.05) is 5.73 Å². The van der Waals surface area contributed by atoms with E-state index in [1.54, 1.807) is 0 Å². The van der Waals surface area contributed by atoms with Gasteiger partial charge in [-0.1, -0.05) is 0 Å². The van der Waals surface area contributed by atoms with Gasteiger partial charge in [-0.2, -0.15) is 5.10 Å². The summed E-state index contributed by atoms with van der Waals surface area (Å²) < 4.78 is 27.2. The van der Waals surface area contributed by atoms with Crippen molar-refractivity contribution in [3.05, 3.63) is 45.6 Å². The Bertz CT molecular complexity index is 639. The molecule has 94 valence electrons. The summed E-state index contributed by atoms with van der Waals surface area (Å²) in [6.45, 7) is 1.38. The summed E-state index contributed by atoms with van der Waals surface area (Å²) in [7, 11) is 0. The van der Waals surface area contributed by atoms with Crippen molar-refractivity contribution in [2.45, 2.75) is 6.92 Å². The summed E-state index contributed by atoms with van der Waals surface area (Å²) in [6.07, 6.45) is 0. The van der Waals surface area contributed by atoms with Crippen molar-refractivity contribution in [3.8, 4) is 5.69 Å². The number of rotatable bonds is 2. The Labute approximate surface area is 99.8 Å². The lowest BCUT2D eigenvalue weighted by Crippen LogP contribution is -2.05. The quantitative estimate of drug-likeness (QED) is 0.655. The van der Waals surface area contributed by atoms with Gasteiger partial charge in [0.15, 0.2) is 5.82 Å². The fraction of sp³-hybridized carbons (Fsp3) is 0.100. The summed E-state index contributed by atoms with van der Waals surface area (Å²) in [6, 6.07) is 2.77. The number of nitrogens with zero attached hydrogens (tertiary/aromatic N) is 3. The van der Waals surface area contributed by atoms with Crippen molar-refractivity contribution < 1.29 is 13.7 Å². The van der Waals surface area contributed by atoms with E-state index in [4.69, 9.17) is 5.73 Å². The van der Waals surface area contributed by atoms with Crippen molar-refractivity contribution >= 4 is 11.5 Å². The summed E-state index contributed by atoms with van der Waals surface area (Å²) in [5, 5.41) is 14.5. The number of aromatic nitrogens is 2. The molecule has 0 aliphatic carbocycles. The molecule has 0 saturated carbocycles. The first kappa shape index (κ1) is 12.0. The van der Waals surface area contributed by atoms with E-state index in [2.05, 4.69) is 5.10 Å². The largest absolute Gasteiger partial charge is 0.378 e. The second-order valence-electron chi connectivity index (χ2n) is 3.58. The van der Waals surface area contributed by atoms with Crippen molar-refractivity contribution in [2.24, 2.45) is 0 Å². The Balaban J connectivity index is 2.65. The molecule has 0 aliphatic heterocycles. The third-order valence-corrected chi connectivity index (χ3v) is 2.38. The van der Waals surface area contributed by atoms with Gasteiger partial charge in [-0.05, 0) is 19.1 Å². The van der Waals surface area contributed by atoms with Crippen LogP contribution in [0.4, 0.5) is 20.3 Å². The van der Waals surface area contributed by atoms with Gasteiger partial charge in [0.05, 0.1) is 4.92 Å². The van der Waals surface area contributed by atoms with Crippen LogP contribution in [0.1, 0.15) is 5.69 Å². The fourth-order valence-electron chi connectivity index (χ4n) is 1.60. The van der Waals surface area contributed by atoms with Gasteiger partial charge < -0.3 is 5.73 Å².